The maximum atomic E-state index is 12.7. The quantitative estimate of drug-likeness (QED) is 0.244. The number of anilines is 1. The van der Waals surface area contributed by atoms with E-state index in [0.29, 0.717) is 40.2 Å². The van der Waals surface area contributed by atoms with Gasteiger partial charge in [-0.05, 0) is 54.7 Å². The van der Waals surface area contributed by atoms with Gasteiger partial charge in [0.25, 0.3) is 5.69 Å². The average Bonchev–Trinajstić information content (AvgIpc) is 3.14. The van der Waals surface area contributed by atoms with Gasteiger partial charge in [-0.15, -0.1) is 0 Å². The molecule has 35 heavy (non-hydrogen) atoms. The van der Waals surface area contributed by atoms with E-state index in [4.69, 9.17) is 9.47 Å². The monoisotopic (exact) mass is 479 g/mol. The number of carbonyl (C=O) groups is 2. The van der Waals surface area contributed by atoms with Crippen molar-refractivity contribution in [1.29, 1.82) is 0 Å². The number of esters is 1. The van der Waals surface area contributed by atoms with E-state index >= 15 is 0 Å². The lowest BCUT2D eigenvalue weighted by Crippen LogP contribution is -2.14. The molecule has 0 bridgehead atoms. The summed E-state index contributed by atoms with van der Waals surface area (Å²) in [5.74, 6) is -0.0398. The van der Waals surface area contributed by atoms with Gasteiger partial charge < -0.3 is 19.8 Å². The SMILES string of the molecule is COC(=O)c1[nH]c(C)c(-c2ccc([N+](=O)[O-])cc2C)c1-c1ccc(NC(=O)CC(C)C)c(OC)c1. The Balaban J connectivity index is 2.19. The van der Waals surface area contributed by atoms with Gasteiger partial charge in [-0.3, -0.25) is 14.9 Å². The number of hydrogen-bond donors (Lipinski definition) is 2. The molecule has 0 aliphatic rings. The Morgan fingerprint density at radius 3 is 2.37 bits per heavy atom. The Kier molecular flexibility index (Phi) is 7.58. The van der Waals surface area contributed by atoms with Crippen LogP contribution in [0.25, 0.3) is 22.3 Å². The van der Waals surface area contributed by atoms with Crippen molar-refractivity contribution in [2.45, 2.75) is 34.1 Å². The van der Waals surface area contributed by atoms with Crippen LogP contribution in [0.2, 0.25) is 0 Å². The van der Waals surface area contributed by atoms with Gasteiger partial charge in [-0.2, -0.15) is 0 Å². The predicted octanol–water partition coefficient (Wildman–Crippen LogP) is 5.65. The topological polar surface area (TPSA) is 124 Å². The first-order valence-electron chi connectivity index (χ1n) is 11.1. The normalized spacial score (nSPS) is 10.8. The number of aromatic nitrogens is 1. The summed E-state index contributed by atoms with van der Waals surface area (Å²) in [6, 6.07) is 9.85. The Morgan fingerprint density at radius 1 is 1.09 bits per heavy atom. The van der Waals surface area contributed by atoms with Gasteiger partial charge in [-0.25, -0.2) is 4.79 Å². The number of hydrogen-bond acceptors (Lipinski definition) is 6. The van der Waals surface area contributed by atoms with Gasteiger partial charge >= 0.3 is 5.97 Å². The summed E-state index contributed by atoms with van der Waals surface area (Å²) < 4.78 is 10.5. The fourth-order valence-electron chi connectivity index (χ4n) is 4.07. The maximum absolute atomic E-state index is 12.7. The van der Waals surface area contributed by atoms with Crippen molar-refractivity contribution < 1.29 is 24.0 Å². The summed E-state index contributed by atoms with van der Waals surface area (Å²) in [6.07, 6.45) is 0.373. The Morgan fingerprint density at radius 2 is 1.80 bits per heavy atom. The average molecular weight is 480 g/mol. The van der Waals surface area contributed by atoms with Crippen LogP contribution in [0.3, 0.4) is 0 Å². The summed E-state index contributed by atoms with van der Waals surface area (Å²) in [5.41, 5.74) is 4.81. The molecule has 0 aliphatic carbocycles. The van der Waals surface area contributed by atoms with Crippen molar-refractivity contribution in [1.82, 2.24) is 4.98 Å². The van der Waals surface area contributed by atoms with Crippen molar-refractivity contribution in [3.63, 3.8) is 0 Å². The number of H-pyrrole nitrogens is 1. The Labute approximate surface area is 203 Å². The molecule has 2 aromatic carbocycles. The second-order valence-electron chi connectivity index (χ2n) is 8.68. The lowest BCUT2D eigenvalue weighted by Gasteiger charge is -2.15. The second-order valence-corrected chi connectivity index (χ2v) is 8.68. The summed E-state index contributed by atoms with van der Waals surface area (Å²) >= 11 is 0. The molecule has 3 rings (SSSR count). The first kappa shape index (κ1) is 25.5. The minimum absolute atomic E-state index is 0.0164. The third kappa shape index (κ3) is 5.34. The molecule has 0 radical (unpaired) electrons. The van der Waals surface area contributed by atoms with Crippen molar-refractivity contribution in [3.05, 3.63) is 63.5 Å². The van der Waals surface area contributed by atoms with Gasteiger partial charge in [0.05, 0.1) is 24.8 Å². The third-order valence-corrected chi connectivity index (χ3v) is 5.63. The maximum Gasteiger partial charge on any atom is 0.355 e. The zero-order chi connectivity index (χ0) is 25.9. The summed E-state index contributed by atoms with van der Waals surface area (Å²) in [6.45, 7) is 7.53. The van der Waals surface area contributed by atoms with Crippen molar-refractivity contribution in [2.75, 3.05) is 19.5 Å². The highest BCUT2D eigenvalue weighted by Gasteiger charge is 2.26. The molecule has 0 fully saturated rings. The summed E-state index contributed by atoms with van der Waals surface area (Å²) in [7, 11) is 2.80. The van der Waals surface area contributed by atoms with E-state index in [9.17, 15) is 19.7 Å². The number of ether oxygens (including phenoxy) is 2. The molecule has 0 saturated carbocycles. The highest BCUT2D eigenvalue weighted by molar-refractivity contribution is 6.03. The lowest BCUT2D eigenvalue weighted by atomic mass is 9.92. The van der Waals surface area contributed by atoms with E-state index in [1.54, 1.807) is 31.2 Å². The third-order valence-electron chi connectivity index (χ3n) is 5.63. The molecule has 1 amide bonds. The molecule has 1 heterocycles. The number of aryl methyl sites for hydroxylation is 2. The summed E-state index contributed by atoms with van der Waals surface area (Å²) in [4.78, 5) is 38.9. The van der Waals surface area contributed by atoms with Crippen LogP contribution in [0.15, 0.2) is 36.4 Å². The van der Waals surface area contributed by atoms with Crippen LogP contribution in [-0.4, -0.2) is 36.0 Å². The molecule has 1 aromatic heterocycles. The van der Waals surface area contributed by atoms with Crippen LogP contribution in [0.5, 0.6) is 5.75 Å². The van der Waals surface area contributed by atoms with Crippen molar-refractivity contribution >= 4 is 23.3 Å². The molecule has 0 atom stereocenters. The fourth-order valence-corrected chi connectivity index (χ4v) is 4.07. The van der Waals surface area contributed by atoms with Gasteiger partial charge in [-0.1, -0.05) is 19.9 Å². The number of aromatic amines is 1. The molecule has 2 N–H and O–H groups in total. The van der Waals surface area contributed by atoms with Crippen LogP contribution < -0.4 is 10.1 Å². The van der Waals surface area contributed by atoms with Gasteiger partial charge in [0.15, 0.2) is 0 Å². The molecular formula is C26H29N3O6. The number of nitrogens with one attached hydrogen (secondary N) is 2. The molecule has 0 aliphatic heterocycles. The number of methoxy groups -OCH3 is 2. The van der Waals surface area contributed by atoms with E-state index in [2.05, 4.69) is 10.3 Å². The van der Waals surface area contributed by atoms with E-state index in [-0.39, 0.29) is 23.2 Å². The van der Waals surface area contributed by atoms with Crippen LogP contribution in [0, 0.1) is 29.9 Å². The largest absolute Gasteiger partial charge is 0.495 e. The molecule has 184 valence electrons. The lowest BCUT2D eigenvalue weighted by molar-refractivity contribution is -0.384. The van der Waals surface area contributed by atoms with Crippen molar-refractivity contribution in [3.8, 4) is 28.0 Å². The van der Waals surface area contributed by atoms with Gasteiger partial charge in [0.2, 0.25) is 5.91 Å². The Hall–Kier alpha value is -4.14. The van der Waals surface area contributed by atoms with Gasteiger partial charge in [0.1, 0.15) is 11.4 Å². The number of nitro groups is 1. The van der Waals surface area contributed by atoms with E-state index in [0.717, 1.165) is 11.1 Å². The zero-order valence-electron chi connectivity index (χ0n) is 20.6. The number of carbonyl (C=O) groups excluding carboxylic acids is 2. The Bertz CT molecular complexity index is 1290. The van der Waals surface area contributed by atoms with Crippen LogP contribution >= 0.6 is 0 Å². The first-order valence-corrected chi connectivity index (χ1v) is 11.1. The van der Waals surface area contributed by atoms with Crippen LogP contribution in [0.4, 0.5) is 11.4 Å². The molecule has 3 aromatic rings. The highest BCUT2D eigenvalue weighted by atomic mass is 16.6. The molecule has 9 heteroatoms. The molecule has 0 spiro atoms. The molecule has 0 unspecified atom stereocenters. The zero-order valence-corrected chi connectivity index (χ0v) is 20.6. The predicted molar refractivity (Wildman–Crippen MR) is 134 cm³/mol. The minimum Gasteiger partial charge on any atom is -0.495 e. The van der Waals surface area contributed by atoms with E-state index in [1.165, 1.54) is 26.4 Å². The highest BCUT2D eigenvalue weighted by Crippen LogP contribution is 2.42. The minimum atomic E-state index is -0.554. The fraction of sp³-hybridized carbons (Fsp3) is 0.308. The van der Waals surface area contributed by atoms with Gasteiger partial charge in [0, 0.05) is 35.4 Å². The molecular weight excluding hydrogens is 450 g/mol. The van der Waals surface area contributed by atoms with Crippen molar-refractivity contribution in [2.24, 2.45) is 5.92 Å². The van der Waals surface area contributed by atoms with E-state index in [1.807, 2.05) is 20.8 Å². The number of benzene rings is 2. The van der Waals surface area contributed by atoms with E-state index < -0.39 is 10.9 Å². The van der Waals surface area contributed by atoms with Crippen LogP contribution in [0.1, 0.15) is 42.0 Å². The smallest absolute Gasteiger partial charge is 0.355 e. The number of amides is 1. The van der Waals surface area contributed by atoms with Crippen LogP contribution in [-0.2, 0) is 9.53 Å². The molecule has 9 nitrogen and oxygen atoms in total. The number of non-ortho nitro benzene ring substituents is 1. The molecule has 0 saturated heterocycles. The first-order chi connectivity index (χ1) is 16.6. The summed E-state index contributed by atoms with van der Waals surface area (Å²) in [5, 5.41) is 14.1. The standard InChI is InChI=1S/C26H29N3O6/c1-14(2)11-22(30)28-20-10-7-17(13-21(20)34-5)24-23(16(4)27-25(24)26(31)35-6)19-9-8-18(29(32)33)12-15(19)3/h7-10,12-14,27H,11H2,1-6H3,(H,28,30). The second kappa shape index (κ2) is 10.4. The number of rotatable bonds is 8. The number of nitro benzene ring substituents is 1. The number of nitrogens with zero attached hydrogens (tertiary/aromatic N) is 1.